The Morgan fingerprint density at radius 3 is 3.20 bits per heavy atom. The topological polar surface area (TPSA) is 73.1 Å². The SMILES string of the molecule is NCCc1nnc(NCC2CCCO2)s1. The van der Waals surface area contributed by atoms with E-state index in [1.165, 1.54) is 6.42 Å². The highest BCUT2D eigenvalue weighted by Gasteiger charge is 2.15. The molecule has 3 N–H and O–H groups in total. The molecule has 1 aliphatic rings. The number of nitrogens with zero attached hydrogens (tertiary/aromatic N) is 2. The van der Waals surface area contributed by atoms with Crippen LogP contribution in [0.15, 0.2) is 0 Å². The molecule has 1 aromatic rings. The Labute approximate surface area is 93.0 Å². The van der Waals surface area contributed by atoms with Crippen molar-refractivity contribution in [3.8, 4) is 0 Å². The number of rotatable bonds is 5. The molecular formula is C9H16N4OS. The van der Waals surface area contributed by atoms with Crippen molar-refractivity contribution in [1.29, 1.82) is 0 Å². The van der Waals surface area contributed by atoms with Gasteiger partial charge in [0.25, 0.3) is 0 Å². The van der Waals surface area contributed by atoms with E-state index in [4.69, 9.17) is 10.5 Å². The van der Waals surface area contributed by atoms with Gasteiger partial charge in [-0.25, -0.2) is 0 Å². The van der Waals surface area contributed by atoms with E-state index in [1.807, 2.05) is 0 Å². The molecular weight excluding hydrogens is 212 g/mol. The van der Waals surface area contributed by atoms with Crippen molar-refractivity contribution in [2.45, 2.75) is 25.4 Å². The van der Waals surface area contributed by atoms with Crippen LogP contribution in [0.25, 0.3) is 0 Å². The highest BCUT2D eigenvalue weighted by molar-refractivity contribution is 7.15. The van der Waals surface area contributed by atoms with Crippen molar-refractivity contribution in [3.63, 3.8) is 0 Å². The van der Waals surface area contributed by atoms with Crippen LogP contribution in [-0.4, -0.2) is 36.0 Å². The summed E-state index contributed by atoms with van der Waals surface area (Å²) in [5.41, 5.74) is 5.44. The maximum Gasteiger partial charge on any atom is 0.205 e. The van der Waals surface area contributed by atoms with Crippen LogP contribution in [0.5, 0.6) is 0 Å². The number of hydrogen-bond acceptors (Lipinski definition) is 6. The van der Waals surface area contributed by atoms with Gasteiger partial charge >= 0.3 is 0 Å². The molecule has 1 saturated heterocycles. The molecule has 5 nitrogen and oxygen atoms in total. The monoisotopic (exact) mass is 228 g/mol. The van der Waals surface area contributed by atoms with Gasteiger partial charge in [0.2, 0.25) is 5.13 Å². The Bertz CT molecular complexity index is 298. The Hall–Kier alpha value is -0.720. The molecule has 84 valence electrons. The zero-order chi connectivity index (χ0) is 10.5. The van der Waals surface area contributed by atoms with Crippen LogP contribution in [0.2, 0.25) is 0 Å². The van der Waals surface area contributed by atoms with Crippen LogP contribution < -0.4 is 11.1 Å². The summed E-state index contributed by atoms with van der Waals surface area (Å²) >= 11 is 1.57. The average molecular weight is 228 g/mol. The van der Waals surface area contributed by atoms with Gasteiger partial charge < -0.3 is 15.8 Å². The lowest BCUT2D eigenvalue weighted by atomic mass is 10.2. The second kappa shape index (κ2) is 5.39. The van der Waals surface area contributed by atoms with E-state index in [2.05, 4.69) is 15.5 Å². The first-order valence-electron chi connectivity index (χ1n) is 5.26. The number of anilines is 1. The maximum absolute atomic E-state index is 5.50. The fourth-order valence-corrected chi connectivity index (χ4v) is 2.32. The van der Waals surface area contributed by atoms with Crippen LogP contribution >= 0.6 is 11.3 Å². The van der Waals surface area contributed by atoms with Gasteiger partial charge in [-0.3, -0.25) is 0 Å². The Morgan fingerprint density at radius 2 is 2.47 bits per heavy atom. The summed E-state index contributed by atoms with van der Waals surface area (Å²) < 4.78 is 5.50. The molecule has 1 atom stereocenters. The van der Waals surface area contributed by atoms with Gasteiger partial charge in [-0.2, -0.15) is 0 Å². The molecule has 0 aromatic carbocycles. The Morgan fingerprint density at radius 1 is 1.53 bits per heavy atom. The summed E-state index contributed by atoms with van der Waals surface area (Å²) in [5, 5.41) is 13.2. The minimum Gasteiger partial charge on any atom is -0.376 e. The predicted molar refractivity (Wildman–Crippen MR) is 60.1 cm³/mol. The van der Waals surface area contributed by atoms with Crippen molar-refractivity contribution >= 4 is 16.5 Å². The molecule has 0 spiro atoms. The third-order valence-electron chi connectivity index (χ3n) is 2.33. The van der Waals surface area contributed by atoms with Gasteiger partial charge in [0.15, 0.2) is 0 Å². The molecule has 15 heavy (non-hydrogen) atoms. The minimum absolute atomic E-state index is 0.340. The Balaban J connectivity index is 1.77. The molecule has 0 radical (unpaired) electrons. The fraction of sp³-hybridized carbons (Fsp3) is 0.778. The van der Waals surface area contributed by atoms with E-state index in [1.54, 1.807) is 11.3 Å². The summed E-state index contributed by atoms with van der Waals surface area (Å²) in [6, 6.07) is 0. The number of ether oxygens (including phenoxy) is 1. The highest BCUT2D eigenvalue weighted by Crippen LogP contribution is 2.17. The third-order valence-corrected chi connectivity index (χ3v) is 3.27. The molecule has 2 rings (SSSR count). The van der Waals surface area contributed by atoms with Gasteiger partial charge in [0.05, 0.1) is 6.10 Å². The molecule has 0 aliphatic carbocycles. The van der Waals surface area contributed by atoms with E-state index in [-0.39, 0.29) is 0 Å². The molecule has 1 unspecified atom stereocenters. The van der Waals surface area contributed by atoms with Gasteiger partial charge in [0.1, 0.15) is 5.01 Å². The quantitative estimate of drug-likeness (QED) is 0.773. The van der Waals surface area contributed by atoms with E-state index in [9.17, 15) is 0 Å². The summed E-state index contributed by atoms with van der Waals surface area (Å²) in [5.74, 6) is 0. The molecule has 0 amide bonds. The number of aromatic nitrogens is 2. The first-order chi connectivity index (χ1) is 7.38. The van der Waals surface area contributed by atoms with Gasteiger partial charge in [-0.15, -0.1) is 10.2 Å². The average Bonchev–Trinajstić information content (AvgIpc) is 2.85. The summed E-state index contributed by atoms with van der Waals surface area (Å²) in [6.07, 6.45) is 3.45. The molecule has 6 heteroatoms. The zero-order valence-electron chi connectivity index (χ0n) is 8.61. The van der Waals surface area contributed by atoms with E-state index >= 15 is 0 Å². The molecule has 0 bridgehead atoms. The maximum atomic E-state index is 5.50. The number of nitrogens with two attached hydrogens (primary N) is 1. The molecule has 2 heterocycles. The standard InChI is InChI=1S/C9H16N4OS/c10-4-3-8-12-13-9(15-8)11-6-7-2-1-5-14-7/h7H,1-6,10H2,(H,11,13). The van der Waals surface area contributed by atoms with Crippen molar-refractivity contribution < 1.29 is 4.74 Å². The van der Waals surface area contributed by atoms with Gasteiger partial charge in [-0.05, 0) is 19.4 Å². The van der Waals surface area contributed by atoms with Crippen LogP contribution in [0.4, 0.5) is 5.13 Å². The first kappa shape index (κ1) is 10.8. The van der Waals surface area contributed by atoms with E-state index < -0.39 is 0 Å². The highest BCUT2D eigenvalue weighted by atomic mass is 32.1. The van der Waals surface area contributed by atoms with Crippen LogP contribution in [0, 0.1) is 0 Å². The largest absolute Gasteiger partial charge is 0.376 e. The lowest BCUT2D eigenvalue weighted by molar-refractivity contribution is 0.120. The van der Waals surface area contributed by atoms with Crippen LogP contribution in [0.3, 0.4) is 0 Å². The number of nitrogens with one attached hydrogen (secondary N) is 1. The van der Waals surface area contributed by atoms with E-state index in [0.29, 0.717) is 12.6 Å². The third kappa shape index (κ3) is 3.12. The molecule has 0 saturated carbocycles. The molecule has 1 aliphatic heterocycles. The van der Waals surface area contributed by atoms with Crippen molar-refractivity contribution in [2.75, 3.05) is 25.0 Å². The van der Waals surface area contributed by atoms with Crippen LogP contribution in [-0.2, 0) is 11.2 Å². The summed E-state index contributed by atoms with van der Waals surface area (Å²) in [7, 11) is 0. The lowest BCUT2D eigenvalue weighted by Crippen LogP contribution is -2.18. The summed E-state index contributed by atoms with van der Waals surface area (Å²) in [6.45, 7) is 2.35. The Kier molecular flexibility index (Phi) is 3.87. The van der Waals surface area contributed by atoms with Crippen molar-refractivity contribution in [2.24, 2.45) is 5.73 Å². The smallest absolute Gasteiger partial charge is 0.205 e. The summed E-state index contributed by atoms with van der Waals surface area (Å²) in [4.78, 5) is 0. The van der Waals surface area contributed by atoms with E-state index in [0.717, 1.165) is 36.1 Å². The molecule has 1 fully saturated rings. The van der Waals surface area contributed by atoms with Crippen molar-refractivity contribution in [1.82, 2.24) is 10.2 Å². The second-order valence-corrected chi connectivity index (χ2v) is 4.62. The first-order valence-corrected chi connectivity index (χ1v) is 6.08. The minimum atomic E-state index is 0.340. The van der Waals surface area contributed by atoms with Crippen molar-refractivity contribution in [3.05, 3.63) is 5.01 Å². The predicted octanol–water partition coefficient (Wildman–Crippen LogP) is 0.630. The lowest BCUT2D eigenvalue weighted by Gasteiger charge is -2.08. The normalized spacial score (nSPS) is 20.7. The molecule has 1 aromatic heterocycles. The fourth-order valence-electron chi connectivity index (χ4n) is 1.56. The van der Waals surface area contributed by atoms with Gasteiger partial charge in [-0.1, -0.05) is 11.3 Å². The second-order valence-electron chi connectivity index (χ2n) is 3.56. The van der Waals surface area contributed by atoms with Gasteiger partial charge in [0, 0.05) is 19.6 Å². The van der Waals surface area contributed by atoms with Crippen LogP contribution in [0.1, 0.15) is 17.8 Å². The number of hydrogen-bond donors (Lipinski definition) is 2. The zero-order valence-corrected chi connectivity index (χ0v) is 9.42.